The molecule has 0 radical (unpaired) electrons. The topological polar surface area (TPSA) is 99.7 Å². The van der Waals surface area contributed by atoms with Crippen LogP contribution in [0.3, 0.4) is 0 Å². The summed E-state index contributed by atoms with van der Waals surface area (Å²) >= 11 is 0. The van der Waals surface area contributed by atoms with Crippen LogP contribution in [0.4, 0.5) is 0 Å². The number of nitrogens with one attached hydrogen (secondary N) is 2. The van der Waals surface area contributed by atoms with Gasteiger partial charge >= 0.3 is 0 Å². The monoisotopic (exact) mass is 218 g/mol. The summed E-state index contributed by atoms with van der Waals surface area (Å²) < 4.78 is 0. The third-order valence-electron chi connectivity index (χ3n) is 2.33. The maximum Gasteiger partial charge on any atom is 0.0950 e. The van der Waals surface area contributed by atoms with Crippen molar-refractivity contribution in [1.29, 1.82) is 10.8 Å². The van der Waals surface area contributed by atoms with Crippen LogP contribution < -0.4 is 11.5 Å². The first-order valence-corrected chi connectivity index (χ1v) is 5.31. The van der Waals surface area contributed by atoms with Gasteiger partial charge in [0.2, 0.25) is 0 Å². The summed E-state index contributed by atoms with van der Waals surface area (Å²) in [5.41, 5.74) is 12.9. The molecule has 1 rings (SSSR count). The standard InChI is InChI=1S/C12H18N4/c13-11(14)3-1-2-9-4-6-10(7-5-9)8-12(15)16/h4-7H,1-3,8H2,(H3,13,14)(H3,15,16). The van der Waals surface area contributed by atoms with Gasteiger partial charge < -0.3 is 11.5 Å². The minimum Gasteiger partial charge on any atom is -0.388 e. The number of benzene rings is 1. The Bertz CT molecular complexity index is 367. The van der Waals surface area contributed by atoms with E-state index in [1.54, 1.807) is 0 Å². The lowest BCUT2D eigenvalue weighted by atomic mass is 10.0. The molecule has 0 saturated carbocycles. The summed E-state index contributed by atoms with van der Waals surface area (Å²) in [5.74, 6) is 0.428. The smallest absolute Gasteiger partial charge is 0.0950 e. The fourth-order valence-corrected chi connectivity index (χ4v) is 1.53. The van der Waals surface area contributed by atoms with Crippen molar-refractivity contribution < 1.29 is 0 Å². The molecule has 1 aromatic rings. The summed E-state index contributed by atoms with van der Waals surface area (Å²) in [7, 11) is 0. The van der Waals surface area contributed by atoms with E-state index >= 15 is 0 Å². The second-order valence-electron chi connectivity index (χ2n) is 3.90. The second-order valence-corrected chi connectivity index (χ2v) is 3.90. The predicted octanol–water partition coefficient (Wildman–Crippen LogP) is 1.42. The van der Waals surface area contributed by atoms with Gasteiger partial charge in [-0.25, -0.2) is 0 Å². The molecular formula is C12H18N4. The Morgan fingerprint density at radius 2 is 1.50 bits per heavy atom. The van der Waals surface area contributed by atoms with Crippen LogP contribution in [0.5, 0.6) is 0 Å². The van der Waals surface area contributed by atoms with Crippen LogP contribution in [0.2, 0.25) is 0 Å². The Balaban J connectivity index is 2.45. The van der Waals surface area contributed by atoms with Gasteiger partial charge in [0, 0.05) is 12.8 Å². The van der Waals surface area contributed by atoms with Gasteiger partial charge in [0.1, 0.15) is 0 Å². The number of hydrogen-bond donors (Lipinski definition) is 4. The molecule has 0 aliphatic heterocycles. The molecule has 16 heavy (non-hydrogen) atoms. The van der Waals surface area contributed by atoms with E-state index in [4.69, 9.17) is 22.3 Å². The van der Waals surface area contributed by atoms with Crippen LogP contribution in [0.15, 0.2) is 24.3 Å². The minimum absolute atomic E-state index is 0.185. The first-order valence-electron chi connectivity index (χ1n) is 5.31. The van der Waals surface area contributed by atoms with Gasteiger partial charge in [-0.15, -0.1) is 0 Å². The molecule has 86 valence electrons. The van der Waals surface area contributed by atoms with Crippen molar-refractivity contribution >= 4 is 11.7 Å². The van der Waals surface area contributed by atoms with Gasteiger partial charge in [-0.1, -0.05) is 24.3 Å². The summed E-state index contributed by atoms with van der Waals surface area (Å²) in [6, 6.07) is 8.06. The maximum atomic E-state index is 7.18. The van der Waals surface area contributed by atoms with Crippen molar-refractivity contribution in [2.45, 2.75) is 25.7 Å². The molecule has 4 nitrogen and oxygen atoms in total. The fraction of sp³-hybridized carbons (Fsp3) is 0.333. The van der Waals surface area contributed by atoms with Gasteiger partial charge in [0.25, 0.3) is 0 Å². The van der Waals surface area contributed by atoms with Crippen molar-refractivity contribution in [3.8, 4) is 0 Å². The van der Waals surface area contributed by atoms with E-state index < -0.39 is 0 Å². The molecule has 0 heterocycles. The Hall–Kier alpha value is -1.84. The zero-order valence-electron chi connectivity index (χ0n) is 9.29. The van der Waals surface area contributed by atoms with Crippen LogP contribution in [-0.4, -0.2) is 11.7 Å². The lowest BCUT2D eigenvalue weighted by Crippen LogP contribution is -2.12. The van der Waals surface area contributed by atoms with Crippen molar-refractivity contribution in [2.75, 3.05) is 0 Å². The van der Waals surface area contributed by atoms with E-state index in [0.29, 0.717) is 12.8 Å². The summed E-state index contributed by atoms with van der Waals surface area (Å²) in [6.07, 6.45) is 2.99. The van der Waals surface area contributed by atoms with E-state index in [-0.39, 0.29) is 11.7 Å². The average Bonchev–Trinajstić information content (AvgIpc) is 2.19. The van der Waals surface area contributed by atoms with E-state index in [1.807, 2.05) is 24.3 Å². The van der Waals surface area contributed by atoms with E-state index in [2.05, 4.69) is 0 Å². The number of nitrogens with two attached hydrogens (primary N) is 2. The second kappa shape index (κ2) is 5.90. The Labute approximate surface area is 95.7 Å². The Morgan fingerprint density at radius 3 is 2.00 bits per heavy atom. The molecule has 0 aliphatic rings. The molecule has 0 aliphatic carbocycles. The first-order chi connectivity index (χ1) is 7.58. The Morgan fingerprint density at radius 1 is 0.938 bits per heavy atom. The van der Waals surface area contributed by atoms with Gasteiger partial charge in [0.05, 0.1) is 11.7 Å². The van der Waals surface area contributed by atoms with Crippen molar-refractivity contribution in [3.63, 3.8) is 0 Å². The molecule has 6 N–H and O–H groups in total. The molecule has 0 atom stereocenters. The number of hydrogen-bond acceptors (Lipinski definition) is 2. The number of amidine groups is 2. The van der Waals surface area contributed by atoms with Gasteiger partial charge in [0.15, 0.2) is 0 Å². The Kier molecular flexibility index (Phi) is 4.51. The molecule has 0 amide bonds. The maximum absolute atomic E-state index is 7.18. The third kappa shape index (κ3) is 4.59. The SMILES string of the molecule is N=C(N)CCCc1ccc(CC(=N)N)cc1. The lowest BCUT2D eigenvalue weighted by Gasteiger charge is -2.03. The van der Waals surface area contributed by atoms with Gasteiger partial charge in [-0.05, 0) is 24.0 Å². The van der Waals surface area contributed by atoms with Crippen molar-refractivity contribution in [3.05, 3.63) is 35.4 Å². The molecular weight excluding hydrogens is 200 g/mol. The largest absolute Gasteiger partial charge is 0.388 e. The normalized spacial score (nSPS) is 10.0. The number of rotatable bonds is 6. The lowest BCUT2D eigenvalue weighted by molar-refractivity contribution is 0.857. The van der Waals surface area contributed by atoms with Gasteiger partial charge in [-0.2, -0.15) is 0 Å². The zero-order valence-corrected chi connectivity index (χ0v) is 9.29. The molecule has 0 unspecified atom stereocenters. The summed E-state index contributed by atoms with van der Waals surface area (Å²) in [4.78, 5) is 0. The molecule has 0 bridgehead atoms. The zero-order chi connectivity index (χ0) is 12.0. The highest BCUT2D eigenvalue weighted by Gasteiger charge is 1.97. The van der Waals surface area contributed by atoms with E-state index in [9.17, 15) is 0 Å². The molecule has 1 aromatic carbocycles. The van der Waals surface area contributed by atoms with E-state index in [0.717, 1.165) is 18.4 Å². The van der Waals surface area contributed by atoms with Gasteiger partial charge in [-0.3, -0.25) is 10.8 Å². The molecule has 0 fully saturated rings. The molecule has 0 saturated heterocycles. The molecule has 4 heteroatoms. The summed E-state index contributed by atoms with van der Waals surface area (Å²) in [5, 5.41) is 14.3. The molecule has 0 spiro atoms. The van der Waals surface area contributed by atoms with Crippen LogP contribution in [0.25, 0.3) is 0 Å². The van der Waals surface area contributed by atoms with Crippen LogP contribution in [0.1, 0.15) is 24.0 Å². The fourth-order valence-electron chi connectivity index (χ4n) is 1.53. The molecule has 0 aromatic heterocycles. The third-order valence-corrected chi connectivity index (χ3v) is 2.33. The predicted molar refractivity (Wildman–Crippen MR) is 66.9 cm³/mol. The number of aryl methyl sites for hydroxylation is 1. The van der Waals surface area contributed by atoms with Crippen LogP contribution in [-0.2, 0) is 12.8 Å². The van der Waals surface area contributed by atoms with Crippen LogP contribution >= 0.6 is 0 Å². The quantitative estimate of drug-likeness (QED) is 0.429. The van der Waals surface area contributed by atoms with Crippen molar-refractivity contribution in [2.24, 2.45) is 11.5 Å². The highest BCUT2D eigenvalue weighted by Crippen LogP contribution is 2.08. The first kappa shape index (κ1) is 12.2. The highest BCUT2D eigenvalue weighted by atomic mass is 14.7. The minimum atomic E-state index is 0.185. The van der Waals surface area contributed by atoms with E-state index in [1.165, 1.54) is 5.56 Å². The van der Waals surface area contributed by atoms with Crippen molar-refractivity contribution in [1.82, 2.24) is 0 Å². The average molecular weight is 218 g/mol. The highest BCUT2D eigenvalue weighted by molar-refractivity contribution is 5.79. The van der Waals surface area contributed by atoms with Crippen LogP contribution in [0, 0.1) is 10.8 Å². The summed E-state index contributed by atoms with van der Waals surface area (Å²) in [6.45, 7) is 0.